The summed E-state index contributed by atoms with van der Waals surface area (Å²) in [5, 5.41) is 0. The molecular weight excluding hydrogens is 568 g/mol. The Bertz CT molecular complexity index is 1650. The summed E-state index contributed by atoms with van der Waals surface area (Å²) in [6.45, 7) is 9.42. The van der Waals surface area contributed by atoms with Gasteiger partial charge in [-0.1, -0.05) is 48.5 Å². The van der Waals surface area contributed by atoms with Gasteiger partial charge >= 0.3 is 12.1 Å². The Morgan fingerprint density at radius 1 is 0.867 bits per heavy atom. The maximum absolute atomic E-state index is 12.8. The highest BCUT2D eigenvalue weighted by atomic mass is 16.6. The second-order valence-corrected chi connectivity index (χ2v) is 12.9. The number of H-pyrrole nitrogens is 2. The van der Waals surface area contributed by atoms with Gasteiger partial charge in [-0.3, -0.25) is 9.80 Å². The fraction of sp³-hybridized carbons (Fsp3) is 0.429. The number of amides is 1. The van der Waals surface area contributed by atoms with Crippen molar-refractivity contribution in [1.29, 1.82) is 0 Å². The van der Waals surface area contributed by atoms with Gasteiger partial charge < -0.3 is 19.4 Å². The average molecular weight is 611 g/mol. The van der Waals surface area contributed by atoms with Gasteiger partial charge in [0.2, 0.25) is 0 Å². The average Bonchev–Trinajstić information content (AvgIpc) is 3.83. The number of hydrogen-bond acceptors (Lipinski definition) is 7. The molecule has 2 aromatic carbocycles. The van der Waals surface area contributed by atoms with Crippen molar-refractivity contribution in [2.75, 3.05) is 26.7 Å². The van der Waals surface area contributed by atoms with Crippen LogP contribution in [0.1, 0.15) is 87.6 Å². The first kappa shape index (κ1) is 30.6. The maximum atomic E-state index is 12.8. The third-order valence-corrected chi connectivity index (χ3v) is 8.52. The zero-order valence-corrected chi connectivity index (χ0v) is 26.7. The molecule has 2 fully saturated rings. The van der Waals surface area contributed by atoms with Crippen molar-refractivity contribution >= 4 is 12.1 Å². The molecule has 4 heterocycles. The highest BCUT2D eigenvalue weighted by Gasteiger charge is 2.35. The fourth-order valence-electron chi connectivity index (χ4n) is 6.27. The van der Waals surface area contributed by atoms with Crippen molar-refractivity contribution < 1.29 is 19.1 Å². The van der Waals surface area contributed by atoms with Crippen LogP contribution in [0, 0.1) is 0 Å². The molecule has 2 atom stereocenters. The van der Waals surface area contributed by atoms with Crippen LogP contribution in [0.15, 0.2) is 54.7 Å². The van der Waals surface area contributed by atoms with Crippen LogP contribution in [0.3, 0.4) is 0 Å². The Labute approximate surface area is 264 Å². The molecule has 2 N–H and O–H groups in total. The molecule has 0 spiro atoms. The second kappa shape index (κ2) is 12.5. The number of hydrogen-bond donors (Lipinski definition) is 2. The van der Waals surface area contributed by atoms with Gasteiger partial charge in [-0.15, -0.1) is 0 Å². The van der Waals surface area contributed by atoms with Crippen molar-refractivity contribution in [3.8, 4) is 33.6 Å². The van der Waals surface area contributed by atoms with E-state index < -0.39 is 5.60 Å². The molecule has 10 heteroatoms. The van der Waals surface area contributed by atoms with Crippen LogP contribution >= 0.6 is 0 Å². The highest BCUT2D eigenvalue weighted by molar-refractivity contribution is 5.94. The molecule has 0 saturated carbocycles. The fourth-order valence-corrected chi connectivity index (χ4v) is 6.27. The summed E-state index contributed by atoms with van der Waals surface area (Å²) in [5.41, 5.74) is 5.37. The zero-order valence-electron chi connectivity index (χ0n) is 26.7. The van der Waals surface area contributed by atoms with E-state index in [0.29, 0.717) is 24.5 Å². The minimum absolute atomic E-state index is 0.125. The van der Waals surface area contributed by atoms with Crippen LogP contribution in [-0.4, -0.2) is 74.1 Å². The number of carbonyl (C=O) groups excluding carboxylic acids is 2. The summed E-state index contributed by atoms with van der Waals surface area (Å²) in [6, 6.07) is 16.4. The first-order valence-corrected chi connectivity index (χ1v) is 15.8. The largest absolute Gasteiger partial charge is 0.461 e. The highest BCUT2D eigenvalue weighted by Crippen LogP contribution is 2.35. The SMILES string of the molecule is CCOC(=O)c1[nH]c([C@@H]2CCCN2C)nc1-c1ccc(-c2ccc(-c3cnc([C@@H]4CCCN4C(=O)OC(C)(C)C)[nH]3)cc2)cc1. The van der Waals surface area contributed by atoms with Crippen molar-refractivity contribution in [2.45, 2.75) is 71.1 Å². The molecule has 0 radical (unpaired) electrons. The summed E-state index contributed by atoms with van der Waals surface area (Å²) < 4.78 is 11.0. The number of likely N-dealkylation sites (tertiary alicyclic amines) is 2. The molecule has 6 rings (SSSR count). The number of rotatable bonds is 7. The maximum Gasteiger partial charge on any atom is 0.410 e. The van der Waals surface area contributed by atoms with Gasteiger partial charge in [0, 0.05) is 12.1 Å². The second-order valence-electron chi connectivity index (χ2n) is 12.9. The number of ether oxygens (including phenoxy) is 2. The van der Waals surface area contributed by atoms with Crippen LogP contribution in [0.2, 0.25) is 0 Å². The molecule has 10 nitrogen and oxygen atoms in total. The van der Waals surface area contributed by atoms with Crippen LogP contribution < -0.4 is 0 Å². The Kier molecular flexibility index (Phi) is 8.50. The van der Waals surface area contributed by atoms with E-state index in [1.54, 1.807) is 11.8 Å². The summed E-state index contributed by atoms with van der Waals surface area (Å²) in [6.07, 6.45) is 5.40. The predicted molar refractivity (Wildman–Crippen MR) is 173 cm³/mol. The Morgan fingerprint density at radius 2 is 1.49 bits per heavy atom. The summed E-state index contributed by atoms with van der Waals surface area (Å²) in [4.78, 5) is 45.9. The Balaban J connectivity index is 1.18. The number of carbonyl (C=O) groups is 2. The van der Waals surface area contributed by atoms with Gasteiger partial charge in [-0.05, 0) is 83.7 Å². The first-order valence-electron chi connectivity index (χ1n) is 15.8. The van der Waals surface area contributed by atoms with Gasteiger partial charge in [0.25, 0.3) is 0 Å². The molecule has 1 amide bonds. The molecule has 45 heavy (non-hydrogen) atoms. The summed E-state index contributed by atoms with van der Waals surface area (Å²) >= 11 is 0. The van der Waals surface area contributed by atoms with Gasteiger partial charge in [0.15, 0.2) is 5.69 Å². The lowest BCUT2D eigenvalue weighted by molar-refractivity contribution is 0.0218. The van der Waals surface area contributed by atoms with E-state index in [0.717, 1.165) is 71.8 Å². The predicted octanol–water partition coefficient (Wildman–Crippen LogP) is 7.15. The van der Waals surface area contributed by atoms with Crippen molar-refractivity contribution in [2.24, 2.45) is 0 Å². The third kappa shape index (κ3) is 6.51. The molecule has 236 valence electrons. The van der Waals surface area contributed by atoms with Crippen molar-refractivity contribution in [3.63, 3.8) is 0 Å². The molecule has 0 bridgehead atoms. The number of benzene rings is 2. The minimum Gasteiger partial charge on any atom is -0.461 e. The van der Waals surface area contributed by atoms with Crippen LogP contribution in [-0.2, 0) is 9.47 Å². The van der Waals surface area contributed by atoms with E-state index in [1.165, 1.54) is 0 Å². The normalized spacial score (nSPS) is 18.8. The summed E-state index contributed by atoms with van der Waals surface area (Å²) in [7, 11) is 2.09. The van der Waals surface area contributed by atoms with E-state index in [9.17, 15) is 9.59 Å². The van der Waals surface area contributed by atoms with Gasteiger partial charge in [-0.2, -0.15) is 0 Å². The molecule has 4 aromatic rings. The lowest BCUT2D eigenvalue weighted by Crippen LogP contribution is -2.36. The number of esters is 1. The first-order chi connectivity index (χ1) is 21.6. The van der Waals surface area contributed by atoms with Gasteiger partial charge in [0.05, 0.1) is 30.6 Å². The van der Waals surface area contributed by atoms with E-state index in [4.69, 9.17) is 14.5 Å². The number of aromatic amines is 2. The number of aromatic nitrogens is 4. The number of nitrogens with one attached hydrogen (secondary N) is 2. The molecule has 2 aliphatic heterocycles. The number of imidazole rings is 2. The quantitative estimate of drug-likeness (QED) is 0.214. The Hall–Kier alpha value is -4.44. The molecule has 0 aliphatic carbocycles. The topological polar surface area (TPSA) is 116 Å². The monoisotopic (exact) mass is 610 g/mol. The van der Waals surface area contributed by atoms with E-state index in [1.807, 2.05) is 39.1 Å². The zero-order chi connectivity index (χ0) is 31.7. The van der Waals surface area contributed by atoms with Crippen molar-refractivity contribution in [1.82, 2.24) is 29.7 Å². The van der Waals surface area contributed by atoms with Crippen LogP contribution in [0.5, 0.6) is 0 Å². The van der Waals surface area contributed by atoms with Gasteiger partial charge in [0.1, 0.15) is 22.9 Å². The molecule has 0 unspecified atom stereocenters. The smallest absolute Gasteiger partial charge is 0.410 e. The van der Waals surface area contributed by atoms with Crippen LogP contribution in [0.4, 0.5) is 4.79 Å². The number of nitrogens with zero attached hydrogens (tertiary/aromatic N) is 4. The van der Waals surface area contributed by atoms with E-state index in [-0.39, 0.29) is 24.1 Å². The van der Waals surface area contributed by atoms with E-state index in [2.05, 4.69) is 63.3 Å². The van der Waals surface area contributed by atoms with E-state index >= 15 is 0 Å². The molecule has 2 saturated heterocycles. The molecule has 2 aromatic heterocycles. The minimum atomic E-state index is -0.541. The summed E-state index contributed by atoms with van der Waals surface area (Å²) in [5.74, 6) is 1.19. The van der Waals surface area contributed by atoms with Gasteiger partial charge in [-0.25, -0.2) is 19.6 Å². The molecular formula is C35H42N6O4. The van der Waals surface area contributed by atoms with Crippen LogP contribution in [0.25, 0.3) is 33.6 Å². The molecule has 2 aliphatic rings. The van der Waals surface area contributed by atoms with Crippen molar-refractivity contribution in [3.05, 3.63) is 72.1 Å². The lowest BCUT2D eigenvalue weighted by atomic mass is 10.0. The standard InChI is InChI=1S/C35H42N6O4/c1-6-44-33(42)30-29(38-32(39-30)27-9-7-19-40(27)5)25-17-13-23(14-18-25)22-11-15-24(16-12-22)26-21-36-31(37-26)28-10-8-20-41(28)34(43)45-35(2,3)4/h11-18,21,27-28H,6-10,19-20H2,1-5H3,(H,36,37)(H,38,39)/t27-,28-/m0/s1. The lowest BCUT2D eigenvalue weighted by Gasteiger charge is -2.27. The third-order valence-electron chi connectivity index (χ3n) is 8.52. The Morgan fingerprint density at radius 3 is 2.11 bits per heavy atom.